The van der Waals surface area contributed by atoms with E-state index in [0.717, 1.165) is 0 Å². The summed E-state index contributed by atoms with van der Waals surface area (Å²) in [7, 11) is -3.53. The fourth-order valence-corrected chi connectivity index (χ4v) is 2.09. The quantitative estimate of drug-likeness (QED) is 0.573. The van der Waals surface area contributed by atoms with Crippen molar-refractivity contribution in [2.45, 2.75) is 39.0 Å². The van der Waals surface area contributed by atoms with Crippen molar-refractivity contribution >= 4 is 15.9 Å². The average Bonchev–Trinajstić information content (AvgIpc) is 2.23. The Labute approximate surface area is 103 Å². The lowest BCUT2D eigenvalue weighted by Crippen LogP contribution is -2.48. The van der Waals surface area contributed by atoms with Crippen molar-refractivity contribution in [3.63, 3.8) is 0 Å². The molecule has 0 aliphatic carbocycles. The SMILES string of the molecule is CC(C)CNC(=O)C(C)NS(=O)(=O)C(C)CN. The van der Waals surface area contributed by atoms with Gasteiger partial charge in [-0.15, -0.1) is 0 Å². The number of carbonyl (C=O) groups excluding carboxylic acids is 1. The maximum absolute atomic E-state index is 11.6. The van der Waals surface area contributed by atoms with Gasteiger partial charge in [-0.3, -0.25) is 4.79 Å². The molecule has 0 aromatic carbocycles. The summed E-state index contributed by atoms with van der Waals surface area (Å²) in [5.41, 5.74) is 5.29. The summed E-state index contributed by atoms with van der Waals surface area (Å²) in [5.74, 6) is -0.00258. The standard InChI is InChI=1S/C10H23N3O3S/c1-7(2)6-12-10(14)9(4)13-17(15,16)8(3)5-11/h7-9,13H,5-6,11H2,1-4H3,(H,12,14). The summed E-state index contributed by atoms with van der Waals surface area (Å²) >= 11 is 0. The molecule has 0 saturated carbocycles. The van der Waals surface area contributed by atoms with Gasteiger partial charge in [0.2, 0.25) is 15.9 Å². The average molecular weight is 265 g/mol. The van der Waals surface area contributed by atoms with Gasteiger partial charge in [-0.05, 0) is 19.8 Å². The van der Waals surface area contributed by atoms with Crippen LogP contribution in [-0.4, -0.2) is 38.7 Å². The first-order valence-corrected chi connectivity index (χ1v) is 7.24. The maximum Gasteiger partial charge on any atom is 0.237 e. The number of nitrogens with two attached hydrogens (primary N) is 1. The fraction of sp³-hybridized carbons (Fsp3) is 0.900. The smallest absolute Gasteiger partial charge is 0.237 e. The van der Waals surface area contributed by atoms with Crippen molar-refractivity contribution in [3.8, 4) is 0 Å². The molecule has 102 valence electrons. The summed E-state index contributed by atoms with van der Waals surface area (Å²) in [6.45, 7) is 7.49. The molecule has 0 aromatic rings. The van der Waals surface area contributed by atoms with Crippen molar-refractivity contribution in [1.29, 1.82) is 0 Å². The van der Waals surface area contributed by atoms with Gasteiger partial charge in [-0.1, -0.05) is 13.8 Å². The van der Waals surface area contributed by atoms with Crippen LogP contribution in [0.4, 0.5) is 0 Å². The Morgan fingerprint density at radius 2 is 1.76 bits per heavy atom. The molecule has 6 nitrogen and oxygen atoms in total. The molecule has 1 amide bonds. The topological polar surface area (TPSA) is 101 Å². The number of hydrogen-bond acceptors (Lipinski definition) is 4. The number of carbonyl (C=O) groups is 1. The summed E-state index contributed by atoms with van der Waals surface area (Å²) in [5, 5.41) is 1.96. The molecule has 0 heterocycles. The third kappa shape index (κ3) is 5.99. The Balaban J connectivity index is 4.34. The van der Waals surface area contributed by atoms with Gasteiger partial charge in [-0.2, -0.15) is 0 Å². The summed E-state index contributed by atoms with van der Waals surface area (Å²) < 4.78 is 25.6. The van der Waals surface area contributed by atoms with Gasteiger partial charge in [-0.25, -0.2) is 13.1 Å². The van der Waals surface area contributed by atoms with Crippen LogP contribution in [0.5, 0.6) is 0 Å². The highest BCUT2D eigenvalue weighted by Gasteiger charge is 2.24. The van der Waals surface area contributed by atoms with E-state index in [-0.39, 0.29) is 12.5 Å². The Morgan fingerprint density at radius 3 is 2.18 bits per heavy atom. The summed E-state index contributed by atoms with van der Waals surface area (Å²) in [6, 6.07) is -0.784. The van der Waals surface area contributed by atoms with Crippen LogP contribution < -0.4 is 15.8 Å². The molecule has 0 spiro atoms. The maximum atomic E-state index is 11.6. The van der Waals surface area contributed by atoms with Gasteiger partial charge >= 0.3 is 0 Å². The van der Waals surface area contributed by atoms with Crippen LogP contribution in [0, 0.1) is 5.92 Å². The van der Waals surface area contributed by atoms with Gasteiger partial charge in [0.05, 0.1) is 11.3 Å². The Bertz CT molecular complexity index is 341. The van der Waals surface area contributed by atoms with E-state index < -0.39 is 21.3 Å². The van der Waals surface area contributed by atoms with E-state index in [1.54, 1.807) is 0 Å². The third-order valence-electron chi connectivity index (χ3n) is 2.28. The molecular weight excluding hydrogens is 242 g/mol. The van der Waals surface area contributed by atoms with Gasteiger partial charge in [0.25, 0.3) is 0 Å². The van der Waals surface area contributed by atoms with E-state index in [1.807, 2.05) is 13.8 Å². The predicted octanol–water partition coefficient (Wildman–Crippen LogP) is -0.586. The second-order valence-corrected chi connectivity index (χ2v) is 6.70. The second-order valence-electron chi connectivity index (χ2n) is 4.57. The highest BCUT2D eigenvalue weighted by molar-refractivity contribution is 7.90. The molecule has 0 aromatic heterocycles. The molecule has 0 saturated heterocycles. The number of amides is 1. The minimum absolute atomic E-state index is 0.0235. The number of hydrogen-bond donors (Lipinski definition) is 3. The zero-order valence-electron chi connectivity index (χ0n) is 10.9. The van der Waals surface area contributed by atoms with E-state index in [1.165, 1.54) is 13.8 Å². The van der Waals surface area contributed by atoms with Crippen molar-refractivity contribution < 1.29 is 13.2 Å². The molecule has 0 bridgehead atoms. The van der Waals surface area contributed by atoms with Crippen molar-refractivity contribution in [2.75, 3.05) is 13.1 Å². The monoisotopic (exact) mass is 265 g/mol. The van der Waals surface area contributed by atoms with Gasteiger partial charge < -0.3 is 11.1 Å². The van der Waals surface area contributed by atoms with E-state index in [4.69, 9.17) is 5.73 Å². The lowest BCUT2D eigenvalue weighted by atomic mass is 10.2. The third-order valence-corrected chi connectivity index (χ3v) is 4.21. The van der Waals surface area contributed by atoms with Crippen LogP contribution in [0.25, 0.3) is 0 Å². The first kappa shape index (κ1) is 16.3. The molecule has 7 heteroatoms. The largest absolute Gasteiger partial charge is 0.354 e. The summed E-state index contributed by atoms with van der Waals surface area (Å²) in [6.07, 6.45) is 0. The van der Waals surface area contributed by atoms with Gasteiger partial charge in [0.15, 0.2) is 0 Å². The molecule has 0 radical (unpaired) electrons. The van der Waals surface area contributed by atoms with Gasteiger partial charge in [0.1, 0.15) is 0 Å². The molecular formula is C10H23N3O3S. The number of nitrogens with one attached hydrogen (secondary N) is 2. The summed E-state index contributed by atoms with van der Waals surface area (Å²) in [4.78, 5) is 11.6. The fourth-order valence-electron chi connectivity index (χ4n) is 1.00. The Kier molecular flexibility index (Phi) is 6.66. The van der Waals surface area contributed by atoms with Gasteiger partial charge in [0, 0.05) is 13.1 Å². The first-order valence-electron chi connectivity index (χ1n) is 5.69. The van der Waals surface area contributed by atoms with E-state index in [9.17, 15) is 13.2 Å². The van der Waals surface area contributed by atoms with E-state index in [2.05, 4.69) is 10.0 Å². The highest BCUT2D eigenvalue weighted by Crippen LogP contribution is 1.98. The van der Waals surface area contributed by atoms with Crippen LogP contribution in [0.15, 0.2) is 0 Å². The second kappa shape index (κ2) is 6.93. The predicted molar refractivity (Wildman–Crippen MR) is 67.9 cm³/mol. The number of rotatable bonds is 7. The molecule has 0 aliphatic rings. The molecule has 17 heavy (non-hydrogen) atoms. The zero-order valence-corrected chi connectivity index (χ0v) is 11.7. The molecule has 0 aliphatic heterocycles. The van der Waals surface area contributed by atoms with E-state index in [0.29, 0.717) is 12.5 Å². The highest BCUT2D eigenvalue weighted by atomic mass is 32.2. The minimum Gasteiger partial charge on any atom is -0.354 e. The molecule has 0 fully saturated rings. The van der Waals surface area contributed by atoms with Crippen LogP contribution in [0.3, 0.4) is 0 Å². The molecule has 2 unspecified atom stereocenters. The van der Waals surface area contributed by atoms with Crippen LogP contribution in [0.1, 0.15) is 27.7 Å². The normalized spacial score (nSPS) is 15.6. The lowest BCUT2D eigenvalue weighted by Gasteiger charge is -2.17. The molecule has 4 N–H and O–H groups in total. The van der Waals surface area contributed by atoms with E-state index >= 15 is 0 Å². The van der Waals surface area contributed by atoms with Crippen molar-refractivity contribution in [3.05, 3.63) is 0 Å². The van der Waals surface area contributed by atoms with Crippen molar-refractivity contribution in [1.82, 2.24) is 10.0 Å². The number of sulfonamides is 1. The Hall–Kier alpha value is -0.660. The Morgan fingerprint density at radius 1 is 1.24 bits per heavy atom. The molecule has 0 rings (SSSR count). The van der Waals surface area contributed by atoms with Crippen LogP contribution in [-0.2, 0) is 14.8 Å². The van der Waals surface area contributed by atoms with Crippen molar-refractivity contribution in [2.24, 2.45) is 11.7 Å². The van der Waals surface area contributed by atoms with Crippen LogP contribution in [0.2, 0.25) is 0 Å². The first-order chi connectivity index (χ1) is 7.70. The zero-order chi connectivity index (χ0) is 13.6. The molecule has 2 atom stereocenters. The lowest BCUT2D eigenvalue weighted by molar-refractivity contribution is -0.122. The van der Waals surface area contributed by atoms with Crippen LogP contribution >= 0.6 is 0 Å². The minimum atomic E-state index is -3.53.